The smallest absolute Gasteiger partial charge is 0.327 e. The Morgan fingerprint density at radius 2 is 2.21 bits per heavy atom. The highest BCUT2D eigenvalue weighted by molar-refractivity contribution is 7.80. The summed E-state index contributed by atoms with van der Waals surface area (Å²) in [6, 6.07) is -0.949. The lowest BCUT2D eigenvalue weighted by atomic mass is 10.3. The summed E-state index contributed by atoms with van der Waals surface area (Å²) in [6.07, 6.45) is 2.87. The van der Waals surface area contributed by atoms with E-state index < -0.39 is 12.0 Å². The molecule has 0 heterocycles. The zero-order valence-corrected chi connectivity index (χ0v) is 9.33. The van der Waals surface area contributed by atoms with Gasteiger partial charge in [-0.15, -0.1) is 11.6 Å². The molecule has 0 spiro atoms. The second-order valence-corrected chi connectivity index (χ2v) is 3.18. The highest BCUT2D eigenvalue weighted by atomic mass is 35.5. The van der Waals surface area contributed by atoms with Gasteiger partial charge in [0.15, 0.2) is 0 Å². The molecule has 14 heavy (non-hydrogen) atoms. The Morgan fingerprint density at radius 1 is 1.64 bits per heavy atom. The molecule has 6 heteroatoms. The molecule has 0 aliphatic carbocycles. The molecule has 0 bridgehead atoms. The number of hydrogen-bond acceptors (Lipinski definition) is 3. The molecule has 4 nitrogen and oxygen atoms in total. The number of amides is 1. The van der Waals surface area contributed by atoms with Crippen molar-refractivity contribution in [2.45, 2.75) is 13.0 Å². The van der Waals surface area contributed by atoms with Crippen LogP contribution in [0.1, 0.15) is 6.92 Å². The summed E-state index contributed by atoms with van der Waals surface area (Å²) in [4.78, 5) is 22.9. The number of carboxylic acids is 1. The van der Waals surface area contributed by atoms with E-state index in [9.17, 15) is 9.59 Å². The summed E-state index contributed by atoms with van der Waals surface area (Å²) < 4.78 is 0. The second kappa shape index (κ2) is 6.73. The first-order chi connectivity index (χ1) is 6.54. The molecule has 0 unspecified atom stereocenters. The van der Waals surface area contributed by atoms with Crippen molar-refractivity contribution in [3.8, 4) is 0 Å². The fourth-order valence-electron chi connectivity index (χ4n) is 0.867. The van der Waals surface area contributed by atoms with Crippen molar-refractivity contribution in [3.05, 3.63) is 12.3 Å². The van der Waals surface area contributed by atoms with Gasteiger partial charge in [0, 0.05) is 24.8 Å². The van der Waals surface area contributed by atoms with Crippen molar-refractivity contribution in [3.63, 3.8) is 0 Å². The van der Waals surface area contributed by atoms with Crippen molar-refractivity contribution in [2.24, 2.45) is 0 Å². The van der Waals surface area contributed by atoms with Gasteiger partial charge in [0.1, 0.15) is 6.04 Å². The van der Waals surface area contributed by atoms with Crippen LogP contribution >= 0.6 is 24.2 Å². The zero-order valence-electron chi connectivity index (χ0n) is 7.68. The summed E-state index contributed by atoms with van der Waals surface area (Å²) >= 11 is 9.26. The maximum Gasteiger partial charge on any atom is 0.327 e. The van der Waals surface area contributed by atoms with Crippen molar-refractivity contribution in [2.75, 3.05) is 11.6 Å². The standard InChI is InChI=1S/C8H12ClNO3S/c1-6(11)10(4-2-3-9)7(5-14)8(12)13/h2,4,7,14H,3,5H2,1H3,(H,12,13)/t7-/m0/s1. The number of thiol groups is 1. The van der Waals surface area contributed by atoms with Crippen LogP contribution in [0.25, 0.3) is 0 Å². The first-order valence-corrected chi connectivity index (χ1v) is 5.06. The second-order valence-electron chi connectivity index (χ2n) is 2.50. The fraction of sp³-hybridized carbons (Fsp3) is 0.500. The maximum absolute atomic E-state index is 11.1. The Hall–Kier alpha value is -0.680. The largest absolute Gasteiger partial charge is 0.480 e. The van der Waals surface area contributed by atoms with E-state index in [1.807, 2.05) is 0 Å². The normalized spacial score (nSPS) is 12.8. The molecule has 0 aromatic rings. The van der Waals surface area contributed by atoms with E-state index in [2.05, 4.69) is 12.6 Å². The first-order valence-electron chi connectivity index (χ1n) is 3.89. The van der Waals surface area contributed by atoms with E-state index in [0.29, 0.717) is 0 Å². The van der Waals surface area contributed by atoms with E-state index in [0.717, 1.165) is 4.90 Å². The number of halogens is 1. The van der Waals surface area contributed by atoms with Gasteiger partial charge in [-0.1, -0.05) is 6.08 Å². The van der Waals surface area contributed by atoms with Crippen LogP contribution in [-0.4, -0.2) is 39.6 Å². The third-order valence-electron chi connectivity index (χ3n) is 1.51. The SMILES string of the molecule is CC(=O)N(C=CCCl)[C@@H](CS)C(=O)O. The molecule has 80 valence electrons. The Bertz CT molecular complexity index is 245. The third kappa shape index (κ3) is 4.02. The molecule has 0 aromatic heterocycles. The molecular weight excluding hydrogens is 226 g/mol. The number of carbonyl (C=O) groups is 2. The van der Waals surface area contributed by atoms with Gasteiger partial charge in [0.05, 0.1) is 0 Å². The van der Waals surface area contributed by atoms with E-state index in [4.69, 9.17) is 16.7 Å². The van der Waals surface area contributed by atoms with Crippen LogP contribution in [0.3, 0.4) is 0 Å². The van der Waals surface area contributed by atoms with Crippen LogP contribution in [-0.2, 0) is 9.59 Å². The van der Waals surface area contributed by atoms with E-state index >= 15 is 0 Å². The van der Waals surface area contributed by atoms with Crippen molar-refractivity contribution < 1.29 is 14.7 Å². The topological polar surface area (TPSA) is 57.6 Å². The van der Waals surface area contributed by atoms with E-state index in [-0.39, 0.29) is 17.5 Å². The Morgan fingerprint density at radius 3 is 2.50 bits per heavy atom. The van der Waals surface area contributed by atoms with Crippen LogP contribution in [0.2, 0.25) is 0 Å². The average Bonchev–Trinajstić information content (AvgIpc) is 2.10. The average molecular weight is 238 g/mol. The molecule has 0 saturated heterocycles. The Balaban J connectivity index is 4.69. The van der Waals surface area contributed by atoms with E-state index in [1.165, 1.54) is 19.2 Å². The molecule has 0 aliphatic rings. The molecule has 0 aliphatic heterocycles. The van der Waals surface area contributed by atoms with Gasteiger partial charge in [-0.2, -0.15) is 12.6 Å². The van der Waals surface area contributed by atoms with Gasteiger partial charge in [0.2, 0.25) is 5.91 Å². The number of alkyl halides is 1. The highest BCUT2D eigenvalue weighted by Gasteiger charge is 2.24. The number of hydrogen-bond donors (Lipinski definition) is 2. The summed E-state index contributed by atoms with van der Waals surface area (Å²) in [5.41, 5.74) is 0. The fourth-order valence-corrected chi connectivity index (χ4v) is 1.28. The minimum atomic E-state index is -1.09. The molecule has 0 radical (unpaired) electrons. The summed E-state index contributed by atoms with van der Waals surface area (Å²) in [6.45, 7) is 1.29. The molecule has 1 amide bonds. The Kier molecular flexibility index (Phi) is 6.40. The molecular formula is C8H12ClNO3S. The lowest BCUT2D eigenvalue weighted by Crippen LogP contribution is -2.41. The van der Waals surface area contributed by atoms with Crippen LogP contribution < -0.4 is 0 Å². The monoisotopic (exact) mass is 237 g/mol. The molecule has 0 fully saturated rings. The van der Waals surface area contributed by atoms with E-state index in [1.54, 1.807) is 0 Å². The van der Waals surface area contributed by atoms with Crippen LogP contribution in [0.15, 0.2) is 12.3 Å². The predicted octanol–water partition coefficient (Wildman–Crippen LogP) is 0.970. The summed E-state index contributed by atoms with van der Waals surface area (Å²) in [7, 11) is 0. The van der Waals surface area contributed by atoms with Gasteiger partial charge in [-0.05, 0) is 0 Å². The number of carbonyl (C=O) groups excluding carboxylic acids is 1. The Labute approximate surface area is 92.9 Å². The van der Waals surface area contributed by atoms with Gasteiger partial charge in [-0.25, -0.2) is 4.79 Å². The number of nitrogens with zero attached hydrogens (tertiary/aromatic N) is 1. The zero-order chi connectivity index (χ0) is 11.1. The van der Waals surface area contributed by atoms with Crippen molar-refractivity contribution in [1.29, 1.82) is 0 Å². The van der Waals surface area contributed by atoms with Crippen LogP contribution in [0, 0.1) is 0 Å². The molecule has 1 atom stereocenters. The van der Waals surface area contributed by atoms with Gasteiger partial charge in [-0.3, -0.25) is 4.79 Å². The van der Waals surface area contributed by atoms with Crippen molar-refractivity contribution >= 4 is 36.1 Å². The maximum atomic E-state index is 11.1. The van der Waals surface area contributed by atoms with Crippen LogP contribution in [0.4, 0.5) is 0 Å². The minimum absolute atomic E-state index is 0.0571. The number of allylic oxidation sites excluding steroid dienone is 1. The first kappa shape index (κ1) is 13.3. The molecule has 0 saturated carbocycles. The number of aliphatic carboxylic acids is 1. The van der Waals surface area contributed by atoms with Crippen LogP contribution in [0.5, 0.6) is 0 Å². The lowest BCUT2D eigenvalue weighted by molar-refractivity contribution is -0.146. The number of rotatable bonds is 5. The predicted molar refractivity (Wildman–Crippen MR) is 57.7 cm³/mol. The minimum Gasteiger partial charge on any atom is -0.480 e. The summed E-state index contributed by atoms with van der Waals surface area (Å²) in [5, 5.41) is 8.78. The van der Waals surface area contributed by atoms with Gasteiger partial charge in [0.25, 0.3) is 0 Å². The van der Waals surface area contributed by atoms with Gasteiger partial charge < -0.3 is 10.0 Å². The van der Waals surface area contributed by atoms with Crippen molar-refractivity contribution in [1.82, 2.24) is 4.90 Å². The molecule has 0 aromatic carbocycles. The quantitative estimate of drug-likeness (QED) is 0.554. The summed E-state index contributed by atoms with van der Waals surface area (Å²) in [5.74, 6) is -1.16. The van der Waals surface area contributed by atoms with Gasteiger partial charge >= 0.3 is 5.97 Å². The molecule has 0 rings (SSSR count). The highest BCUT2D eigenvalue weighted by Crippen LogP contribution is 2.04. The lowest BCUT2D eigenvalue weighted by Gasteiger charge is -2.22. The third-order valence-corrected chi connectivity index (χ3v) is 2.04. The number of carboxylic acid groups (broad SMARTS) is 1. The molecule has 1 N–H and O–H groups in total.